The van der Waals surface area contributed by atoms with Crippen molar-refractivity contribution in [3.05, 3.63) is 146 Å². The molecule has 2 heteroatoms. The molecule has 0 saturated heterocycles. The molecule has 2 aromatic heterocycles. The molecule has 0 spiro atoms. The quantitative estimate of drug-likeness (QED) is 0.223. The van der Waals surface area contributed by atoms with Crippen LogP contribution in [0.15, 0.2) is 146 Å². The molecule has 8 rings (SSSR count). The molecule has 0 atom stereocenters. The lowest BCUT2D eigenvalue weighted by molar-refractivity contribution is 1.17. The maximum atomic E-state index is 4.50. The van der Waals surface area contributed by atoms with Gasteiger partial charge in [-0.05, 0) is 74.1 Å². The molecule has 0 fully saturated rings. The largest absolute Gasteiger partial charge is 0.309 e. The summed E-state index contributed by atoms with van der Waals surface area (Å²) >= 11 is 0. The number of aromatic nitrogens is 2. The van der Waals surface area contributed by atoms with Gasteiger partial charge in [0.2, 0.25) is 0 Å². The van der Waals surface area contributed by atoms with Crippen molar-refractivity contribution in [1.29, 1.82) is 0 Å². The normalized spacial score (nSPS) is 11.6. The van der Waals surface area contributed by atoms with E-state index in [0.29, 0.717) is 0 Å². The van der Waals surface area contributed by atoms with E-state index >= 15 is 0 Å². The number of rotatable bonds is 3. The molecular formula is C37H24N2. The Morgan fingerprint density at radius 2 is 0.949 bits per heavy atom. The molecule has 0 saturated carbocycles. The summed E-state index contributed by atoms with van der Waals surface area (Å²) in [4.78, 5) is 4.50. The molecule has 6 aromatic carbocycles. The second-order valence-corrected chi connectivity index (χ2v) is 10.0. The average molecular weight is 497 g/mol. The maximum absolute atomic E-state index is 4.50. The van der Waals surface area contributed by atoms with Crippen molar-refractivity contribution in [3.8, 4) is 27.9 Å². The fraction of sp³-hybridized carbons (Fsp3) is 0. The summed E-state index contributed by atoms with van der Waals surface area (Å²) < 4.78 is 2.34. The second kappa shape index (κ2) is 8.68. The van der Waals surface area contributed by atoms with Crippen molar-refractivity contribution in [2.24, 2.45) is 0 Å². The Hall–Kier alpha value is -5.21. The molecule has 0 amide bonds. The standard InChI is InChI=1S/C37H24N2/c1-3-11-25(12-4-1)36-28-15-7-9-17-30(28)37(31-18-10-8-16-29(31)36)26-19-20-34-32(23-26)33-24-38-22-21-35(33)39(34)27-13-5-2-6-14-27/h1-24H. The van der Waals surface area contributed by atoms with E-state index in [1.54, 1.807) is 0 Å². The Bertz CT molecular complexity index is 2100. The summed E-state index contributed by atoms with van der Waals surface area (Å²) in [5, 5.41) is 7.43. The number of benzene rings is 6. The number of hydrogen-bond donors (Lipinski definition) is 0. The van der Waals surface area contributed by atoms with Gasteiger partial charge in [-0.15, -0.1) is 0 Å². The van der Waals surface area contributed by atoms with Gasteiger partial charge in [-0.25, -0.2) is 0 Å². The van der Waals surface area contributed by atoms with Crippen LogP contribution in [0.2, 0.25) is 0 Å². The molecule has 0 aliphatic carbocycles. The lowest BCUT2D eigenvalue weighted by Gasteiger charge is -2.18. The molecule has 182 valence electrons. The lowest BCUT2D eigenvalue weighted by atomic mass is 9.86. The zero-order chi connectivity index (χ0) is 25.8. The van der Waals surface area contributed by atoms with Gasteiger partial charge in [-0.1, -0.05) is 103 Å². The Balaban J connectivity index is 1.48. The summed E-state index contributed by atoms with van der Waals surface area (Å²) in [5.74, 6) is 0. The van der Waals surface area contributed by atoms with E-state index in [9.17, 15) is 0 Å². The highest BCUT2D eigenvalue weighted by atomic mass is 15.0. The molecule has 0 bridgehead atoms. The van der Waals surface area contributed by atoms with Crippen molar-refractivity contribution >= 4 is 43.4 Å². The van der Waals surface area contributed by atoms with Gasteiger partial charge in [0.25, 0.3) is 0 Å². The van der Waals surface area contributed by atoms with Crippen LogP contribution in [-0.4, -0.2) is 9.55 Å². The minimum absolute atomic E-state index is 1.15. The Morgan fingerprint density at radius 1 is 0.410 bits per heavy atom. The Morgan fingerprint density at radius 3 is 1.59 bits per heavy atom. The first kappa shape index (κ1) is 21.8. The second-order valence-electron chi connectivity index (χ2n) is 10.0. The minimum Gasteiger partial charge on any atom is -0.309 e. The summed E-state index contributed by atoms with van der Waals surface area (Å²) in [6.45, 7) is 0. The first-order valence-corrected chi connectivity index (χ1v) is 13.3. The van der Waals surface area contributed by atoms with E-state index in [-0.39, 0.29) is 0 Å². The van der Waals surface area contributed by atoms with Crippen molar-refractivity contribution in [3.63, 3.8) is 0 Å². The third kappa shape index (κ3) is 3.32. The van der Waals surface area contributed by atoms with Crippen LogP contribution < -0.4 is 0 Å². The Kier molecular flexibility index (Phi) is 4.86. The van der Waals surface area contributed by atoms with Crippen molar-refractivity contribution in [2.45, 2.75) is 0 Å². The van der Waals surface area contributed by atoms with E-state index in [1.807, 2.05) is 12.4 Å². The summed E-state index contributed by atoms with van der Waals surface area (Å²) in [6, 6.07) is 48.0. The van der Waals surface area contributed by atoms with E-state index in [4.69, 9.17) is 0 Å². The van der Waals surface area contributed by atoms with Gasteiger partial charge in [0.1, 0.15) is 0 Å². The molecule has 0 aliphatic rings. The predicted molar refractivity (Wildman–Crippen MR) is 164 cm³/mol. The highest BCUT2D eigenvalue weighted by molar-refractivity contribution is 6.22. The van der Waals surface area contributed by atoms with Crippen LogP contribution in [0.25, 0.3) is 71.3 Å². The minimum atomic E-state index is 1.15. The first-order chi connectivity index (χ1) is 19.4. The smallest absolute Gasteiger partial charge is 0.0571 e. The number of para-hydroxylation sites is 1. The molecule has 0 aliphatic heterocycles. The van der Waals surface area contributed by atoms with E-state index in [1.165, 1.54) is 54.7 Å². The van der Waals surface area contributed by atoms with Crippen LogP contribution in [0, 0.1) is 0 Å². The third-order valence-electron chi connectivity index (χ3n) is 7.86. The zero-order valence-corrected chi connectivity index (χ0v) is 21.3. The van der Waals surface area contributed by atoms with Gasteiger partial charge in [0, 0.05) is 28.9 Å². The summed E-state index contributed by atoms with van der Waals surface area (Å²) in [7, 11) is 0. The predicted octanol–water partition coefficient (Wildman–Crippen LogP) is 9.82. The number of nitrogens with zero attached hydrogens (tertiary/aromatic N) is 2. The van der Waals surface area contributed by atoms with Gasteiger partial charge in [0.05, 0.1) is 11.0 Å². The van der Waals surface area contributed by atoms with Gasteiger partial charge >= 0.3 is 0 Å². The van der Waals surface area contributed by atoms with Crippen LogP contribution in [0.4, 0.5) is 0 Å². The average Bonchev–Trinajstić information content (AvgIpc) is 3.34. The molecule has 8 aromatic rings. The zero-order valence-electron chi connectivity index (χ0n) is 21.3. The Labute approximate surface area is 226 Å². The third-order valence-corrected chi connectivity index (χ3v) is 7.86. The molecular weight excluding hydrogens is 472 g/mol. The van der Waals surface area contributed by atoms with Crippen LogP contribution in [0.3, 0.4) is 0 Å². The summed E-state index contributed by atoms with van der Waals surface area (Å²) in [5.41, 5.74) is 8.51. The number of pyridine rings is 1. The number of hydrogen-bond acceptors (Lipinski definition) is 1. The van der Waals surface area contributed by atoms with Gasteiger partial charge in [-0.2, -0.15) is 0 Å². The van der Waals surface area contributed by atoms with Crippen molar-refractivity contribution < 1.29 is 0 Å². The van der Waals surface area contributed by atoms with Gasteiger partial charge < -0.3 is 4.57 Å². The monoisotopic (exact) mass is 496 g/mol. The molecule has 0 unspecified atom stereocenters. The first-order valence-electron chi connectivity index (χ1n) is 13.3. The molecule has 2 nitrogen and oxygen atoms in total. The molecule has 39 heavy (non-hydrogen) atoms. The van der Waals surface area contributed by atoms with Crippen LogP contribution >= 0.6 is 0 Å². The van der Waals surface area contributed by atoms with Crippen molar-refractivity contribution in [2.75, 3.05) is 0 Å². The molecule has 2 heterocycles. The number of fused-ring (bicyclic) bond motifs is 5. The van der Waals surface area contributed by atoms with E-state index in [2.05, 4.69) is 143 Å². The molecule has 0 N–H and O–H groups in total. The molecule has 0 radical (unpaired) electrons. The van der Waals surface area contributed by atoms with Crippen LogP contribution in [-0.2, 0) is 0 Å². The van der Waals surface area contributed by atoms with Gasteiger partial charge in [0.15, 0.2) is 0 Å². The SMILES string of the molecule is c1ccc(-c2c3ccccc3c(-c3ccc4c(c3)c3cnccc3n4-c3ccccc3)c3ccccc23)cc1. The fourth-order valence-electron chi connectivity index (χ4n) is 6.23. The highest BCUT2D eigenvalue weighted by Gasteiger charge is 2.18. The van der Waals surface area contributed by atoms with Crippen molar-refractivity contribution in [1.82, 2.24) is 9.55 Å². The van der Waals surface area contributed by atoms with E-state index in [0.717, 1.165) is 16.6 Å². The van der Waals surface area contributed by atoms with E-state index < -0.39 is 0 Å². The maximum Gasteiger partial charge on any atom is 0.0571 e. The fourth-order valence-corrected chi connectivity index (χ4v) is 6.23. The highest BCUT2D eigenvalue weighted by Crippen LogP contribution is 2.44. The van der Waals surface area contributed by atoms with Gasteiger partial charge in [-0.3, -0.25) is 4.98 Å². The summed E-state index contributed by atoms with van der Waals surface area (Å²) in [6.07, 6.45) is 3.88. The van der Waals surface area contributed by atoms with Crippen LogP contribution in [0.5, 0.6) is 0 Å². The van der Waals surface area contributed by atoms with Crippen LogP contribution in [0.1, 0.15) is 0 Å². The topological polar surface area (TPSA) is 17.8 Å². The lowest BCUT2D eigenvalue weighted by Crippen LogP contribution is -1.93.